The lowest BCUT2D eigenvalue weighted by Crippen LogP contribution is -2.56. The SMILES string of the molecule is CC[C@@]12C[C@H](O)[C@@](C)(O)C[C@H]1CCc1cc(C(=O)NCc3cccnc3C)ccc12. The lowest BCUT2D eigenvalue weighted by atomic mass is 9.53. The highest BCUT2D eigenvalue weighted by Crippen LogP contribution is 2.54. The lowest BCUT2D eigenvalue weighted by Gasteiger charge is -2.54. The smallest absolute Gasteiger partial charge is 0.251 e. The van der Waals surface area contributed by atoms with Crippen LogP contribution in [0.3, 0.4) is 0 Å². The van der Waals surface area contributed by atoms with Gasteiger partial charge in [-0.05, 0) is 86.8 Å². The van der Waals surface area contributed by atoms with Crippen molar-refractivity contribution < 1.29 is 15.0 Å². The van der Waals surface area contributed by atoms with Crippen LogP contribution in [0.5, 0.6) is 0 Å². The first kappa shape index (κ1) is 21.0. The number of carbonyl (C=O) groups is 1. The molecule has 5 heteroatoms. The molecule has 1 heterocycles. The number of rotatable bonds is 4. The normalized spacial score (nSPS) is 30.3. The predicted octanol–water partition coefficient (Wildman–Crippen LogP) is 3.44. The molecular weight excluding hydrogens is 376 g/mol. The predicted molar refractivity (Wildman–Crippen MR) is 116 cm³/mol. The van der Waals surface area contributed by atoms with E-state index in [9.17, 15) is 15.0 Å². The topological polar surface area (TPSA) is 82.5 Å². The molecule has 4 rings (SSSR count). The van der Waals surface area contributed by atoms with E-state index < -0.39 is 11.7 Å². The van der Waals surface area contributed by atoms with Gasteiger partial charge in [0.15, 0.2) is 0 Å². The lowest BCUT2D eigenvalue weighted by molar-refractivity contribution is -0.129. The maximum atomic E-state index is 12.8. The monoisotopic (exact) mass is 408 g/mol. The third-order valence-electron chi connectivity index (χ3n) is 7.57. The molecule has 2 aliphatic carbocycles. The largest absolute Gasteiger partial charge is 0.390 e. The number of amides is 1. The second kappa shape index (κ2) is 7.78. The van der Waals surface area contributed by atoms with Crippen LogP contribution in [0.15, 0.2) is 36.5 Å². The van der Waals surface area contributed by atoms with Crippen molar-refractivity contribution in [1.82, 2.24) is 10.3 Å². The maximum absolute atomic E-state index is 12.8. The zero-order chi connectivity index (χ0) is 21.5. The molecule has 0 bridgehead atoms. The first-order valence-corrected chi connectivity index (χ1v) is 11.0. The molecule has 0 saturated heterocycles. The summed E-state index contributed by atoms with van der Waals surface area (Å²) in [6.07, 6.45) is 5.01. The number of aliphatic hydroxyl groups excluding tert-OH is 1. The van der Waals surface area contributed by atoms with Gasteiger partial charge in [-0.25, -0.2) is 0 Å². The van der Waals surface area contributed by atoms with Gasteiger partial charge in [-0.3, -0.25) is 9.78 Å². The molecule has 5 nitrogen and oxygen atoms in total. The number of hydrogen-bond donors (Lipinski definition) is 3. The summed E-state index contributed by atoms with van der Waals surface area (Å²) >= 11 is 0. The molecule has 3 N–H and O–H groups in total. The van der Waals surface area contributed by atoms with Crippen LogP contribution in [-0.4, -0.2) is 32.8 Å². The Morgan fingerprint density at radius 1 is 1.30 bits per heavy atom. The molecule has 1 amide bonds. The van der Waals surface area contributed by atoms with Gasteiger partial charge in [0.2, 0.25) is 0 Å². The number of benzene rings is 1. The second-order valence-electron chi connectivity index (χ2n) is 9.33. The highest BCUT2D eigenvalue weighted by molar-refractivity contribution is 5.94. The van der Waals surface area contributed by atoms with Crippen molar-refractivity contribution in [2.75, 3.05) is 0 Å². The van der Waals surface area contributed by atoms with E-state index in [1.807, 2.05) is 31.2 Å². The van der Waals surface area contributed by atoms with Crippen LogP contribution in [0.25, 0.3) is 0 Å². The Balaban J connectivity index is 1.57. The molecule has 30 heavy (non-hydrogen) atoms. The van der Waals surface area contributed by atoms with Crippen molar-refractivity contribution in [3.63, 3.8) is 0 Å². The Kier molecular flexibility index (Phi) is 5.45. The van der Waals surface area contributed by atoms with Crippen molar-refractivity contribution in [2.24, 2.45) is 5.92 Å². The average Bonchev–Trinajstić information content (AvgIpc) is 2.73. The quantitative estimate of drug-likeness (QED) is 0.724. The van der Waals surface area contributed by atoms with Gasteiger partial charge in [-0.15, -0.1) is 0 Å². The van der Waals surface area contributed by atoms with Crippen LogP contribution >= 0.6 is 0 Å². The molecule has 1 saturated carbocycles. The third kappa shape index (κ3) is 3.54. The Morgan fingerprint density at radius 3 is 2.83 bits per heavy atom. The molecule has 1 aromatic carbocycles. The van der Waals surface area contributed by atoms with E-state index in [1.165, 1.54) is 11.1 Å². The maximum Gasteiger partial charge on any atom is 0.251 e. The zero-order valence-corrected chi connectivity index (χ0v) is 18.1. The van der Waals surface area contributed by atoms with E-state index in [2.05, 4.69) is 23.3 Å². The molecule has 1 fully saturated rings. The van der Waals surface area contributed by atoms with Crippen LogP contribution in [0.1, 0.15) is 72.3 Å². The van der Waals surface area contributed by atoms with Crippen molar-refractivity contribution in [3.8, 4) is 0 Å². The molecule has 0 radical (unpaired) electrons. The van der Waals surface area contributed by atoms with E-state index in [0.29, 0.717) is 30.9 Å². The van der Waals surface area contributed by atoms with E-state index in [0.717, 1.165) is 30.5 Å². The fraction of sp³-hybridized carbons (Fsp3) is 0.520. The first-order valence-electron chi connectivity index (χ1n) is 11.0. The number of pyridine rings is 1. The fourth-order valence-corrected chi connectivity index (χ4v) is 5.63. The number of carbonyl (C=O) groups excluding carboxylic acids is 1. The van der Waals surface area contributed by atoms with E-state index in [1.54, 1.807) is 13.1 Å². The minimum Gasteiger partial charge on any atom is -0.390 e. The summed E-state index contributed by atoms with van der Waals surface area (Å²) in [5.74, 6) is 0.266. The summed E-state index contributed by atoms with van der Waals surface area (Å²) in [4.78, 5) is 17.0. The first-order chi connectivity index (χ1) is 14.3. The molecule has 2 aliphatic rings. The molecule has 1 aromatic heterocycles. The van der Waals surface area contributed by atoms with Gasteiger partial charge in [-0.2, -0.15) is 0 Å². The van der Waals surface area contributed by atoms with E-state index >= 15 is 0 Å². The number of fused-ring (bicyclic) bond motifs is 3. The average molecular weight is 409 g/mol. The highest BCUT2D eigenvalue weighted by Gasteiger charge is 2.53. The van der Waals surface area contributed by atoms with Gasteiger partial charge in [0.1, 0.15) is 0 Å². The van der Waals surface area contributed by atoms with Crippen molar-refractivity contribution in [3.05, 3.63) is 64.5 Å². The number of hydrogen-bond acceptors (Lipinski definition) is 4. The Labute approximate surface area is 178 Å². The molecule has 160 valence electrons. The highest BCUT2D eigenvalue weighted by atomic mass is 16.3. The van der Waals surface area contributed by atoms with Crippen molar-refractivity contribution >= 4 is 5.91 Å². The summed E-state index contributed by atoms with van der Waals surface area (Å²) in [6.45, 7) is 6.32. The second-order valence-corrected chi connectivity index (χ2v) is 9.33. The van der Waals surface area contributed by atoms with Crippen LogP contribution in [0.4, 0.5) is 0 Å². The van der Waals surface area contributed by atoms with Crippen molar-refractivity contribution in [2.45, 2.75) is 76.5 Å². The summed E-state index contributed by atoms with van der Waals surface area (Å²) in [7, 11) is 0. The van der Waals surface area contributed by atoms with Gasteiger partial charge in [-0.1, -0.05) is 19.1 Å². The number of aromatic nitrogens is 1. The third-order valence-corrected chi connectivity index (χ3v) is 7.57. The number of aryl methyl sites for hydroxylation is 2. The summed E-state index contributed by atoms with van der Waals surface area (Å²) < 4.78 is 0. The van der Waals surface area contributed by atoms with Crippen LogP contribution < -0.4 is 5.32 Å². The van der Waals surface area contributed by atoms with Crippen LogP contribution in [-0.2, 0) is 18.4 Å². The Hall–Kier alpha value is -2.24. The van der Waals surface area contributed by atoms with E-state index in [-0.39, 0.29) is 11.3 Å². The van der Waals surface area contributed by atoms with Gasteiger partial charge < -0.3 is 15.5 Å². The number of nitrogens with zero attached hydrogens (tertiary/aromatic N) is 1. The molecule has 0 aliphatic heterocycles. The van der Waals surface area contributed by atoms with Gasteiger partial charge >= 0.3 is 0 Å². The molecule has 0 unspecified atom stereocenters. The minimum absolute atomic E-state index is 0.0830. The van der Waals surface area contributed by atoms with Gasteiger partial charge in [0.05, 0.1) is 11.7 Å². The molecule has 4 atom stereocenters. The number of aliphatic hydroxyl groups is 2. The minimum atomic E-state index is -1.02. The summed E-state index contributed by atoms with van der Waals surface area (Å²) in [6, 6.07) is 9.87. The van der Waals surface area contributed by atoms with Gasteiger partial charge in [0.25, 0.3) is 5.91 Å². The zero-order valence-electron chi connectivity index (χ0n) is 18.1. The standard InChI is InChI=1S/C25H32N2O3/c1-4-25-14-22(28)24(3,30)13-20(25)9-7-17-12-18(8-10-21(17)25)23(29)27-15-19-6-5-11-26-16(19)2/h5-6,8,10-12,20,22,28,30H,4,7,9,13-15H2,1-3H3,(H,27,29)/t20-,22+,24+,25-/m1/s1. The Bertz CT molecular complexity index is 955. The van der Waals surface area contributed by atoms with Gasteiger partial charge in [0, 0.05) is 29.4 Å². The van der Waals surface area contributed by atoms with Crippen LogP contribution in [0, 0.1) is 12.8 Å². The molecule has 2 aromatic rings. The fourth-order valence-electron chi connectivity index (χ4n) is 5.63. The summed E-state index contributed by atoms with van der Waals surface area (Å²) in [5, 5.41) is 24.3. The molecular formula is C25H32N2O3. The van der Waals surface area contributed by atoms with E-state index in [4.69, 9.17) is 0 Å². The Morgan fingerprint density at radius 2 is 2.10 bits per heavy atom. The van der Waals surface area contributed by atoms with Crippen LogP contribution in [0.2, 0.25) is 0 Å². The molecule has 0 spiro atoms. The number of nitrogens with one attached hydrogen (secondary N) is 1. The summed E-state index contributed by atoms with van der Waals surface area (Å²) in [5.41, 5.74) is 3.90. The van der Waals surface area contributed by atoms with Crippen molar-refractivity contribution in [1.29, 1.82) is 0 Å².